The van der Waals surface area contributed by atoms with Crippen molar-refractivity contribution in [1.82, 2.24) is 4.89 Å². The summed E-state index contributed by atoms with van der Waals surface area (Å²) < 4.78 is 24.8. The molecule has 92 valence electrons. The predicted molar refractivity (Wildman–Crippen MR) is 70.8 cm³/mol. The van der Waals surface area contributed by atoms with Crippen molar-refractivity contribution in [3.05, 3.63) is 13.6 Å². The zero-order valence-electron chi connectivity index (χ0n) is 8.66. The minimum atomic E-state index is -3.60. The van der Waals surface area contributed by atoms with Crippen LogP contribution < -0.4 is 4.89 Å². The molecule has 4 nitrogen and oxygen atoms in total. The summed E-state index contributed by atoms with van der Waals surface area (Å²) in [6.45, 7) is 4.21. The summed E-state index contributed by atoms with van der Waals surface area (Å²) in [5, 5.41) is 0. The topological polar surface area (TPSA) is 55.4 Å². The maximum atomic E-state index is 11.8. The maximum Gasteiger partial charge on any atom is 0.264 e. The second-order valence-corrected chi connectivity index (χ2v) is 8.84. The van der Waals surface area contributed by atoms with Gasteiger partial charge in [-0.15, -0.1) is 11.3 Å². The Morgan fingerprint density at radius 3 is 2.56 bits per heavy atom. The summed E-state index contributed by atoms with van der Waals surface area (Å²) in [7, 11) is -3.60. The van der Waals surface area contributed by atoms with Crippen LogP contribution in [0.1, 0.15) is 13.8 Å². The minimum absolute atomic E-state index is 0.174. The highest BCUT2D eigenvalue weighted by atomic mass is 79.9. The van der Waals surface area contributed by atoms with Crippen molar-refractivity contribution in [2.24, 2.45) is 5.92 Å². The molecule has 0 unspecified atom stereocenters. The summed E-state index contributed by atoms with van der Waals surface area (Å²) in [6, 6.07) is 1.52. The van der Waals surface area contributed by atoms with Crippen LogP contribution in [0.3, 0.4) is 0 Å². The molecule has 1 aromatic heterocycles. The van der Waals surface area contributed by atoms with E-state index in [9.17, 15) is 8.42 Å². The summed E-state index contributed by atoms with van der Waals surface area (Å²) >= 11 is 7.70. The van der Waals surface area contributed by atoms with E-state index < -0.39 is 10.0 Å². The molecule has 1 N–H and O–H groups in total. The van der Waals surface area contributed by atoms with E-state index in [0.29, 0.717) is 10.4 Å². The predicted octanol–water partition coefficient (Wildman–Crippen LogP) is 3.14. The normalized spacial score (nSPS) is 12.3. The van der Waals surface area contributed by atoms with Gasteiger partial charge in [-0.25, -0.2) is 8.42 Å². The quantitative estimate of drug-likeness (QED) is 0.783. The van der Waals surface area contributed by atoms with Gasteiger partial charge in [-0.1, -0.05) is 18.7 Å². The van der Waals surface area contributed by atoms with E-state index in [0.717, 1.165) is 3.79 Å². The van der Waals surface area contributed by atoms with E-state index in [1.165, 1.54) is 17.4 Å². The smallest absolute Gasteiger partial charge is 0.264 e. The number of halogens is 2. The molecule has 0 spiro atoms. The van der Waals surface area contributed by atoms with Gasteiger partial charge < -0.3 is 0 Å². The Kier molecular flexibility index (Phi) is 5.40. The zero-order chi connectivity index (χ0) is 12.3. The lowest BCUT2D eigenvalue weighted by Gasteiger charge is -2.07. The molecule has 0 atom stereocenters. The van der Waals surface area contributed by atoms with Crippen molar-refractivity contribution in [3.63, 3.8) is 0 Å². The van der Waals surface area contributed by atoms with Crippen LogP contribution in [0, 0.1) is 5.92 Å². The van der Waals surface area contributed by atoms with Crippen LogP contribution in [0.4, 0.5) is 0 Å². The molecule has 0 bridgehead atoms. The fraction of sp³-hybridized carbons (Fsp3) is 0.500. The van der Waals surface area contributed by atoms with Crippen LogP contribution in [0.15, 0.2) is 18.5 Å². The molecule has 0 aliphatic heterocycles. The molecule has 1 aromatic rings. The van der Waals surface area contributed by atoms with Crippen molar-refractivity contribution in [2.75, 3.05) is 6.61 Å². The summed E-state index contributed by atoms with van der Waals surface area (Å²) in [5.41, 5.74) is 0. The average Bonchev–Trinajstić information content (AvgIpc) is 2.44. The molecular weight excluding hydrogens is 382 g/mol. The van der Waals surface area contributed by atoms with Crippen LogP contribution in [0.5, 0.6) is 0 Å². The van der Waals surface area contributed by atoms with Gasteiger partial charge in [0.1, 0.15) is 4.90 Å². The van der Waals surface area contributed by atoms with Gasteiger partial charge in [0.15, 0.2) is 0 Å². The highest BCUT2D eigenvalue weighted by molar-refractivity contribution is 9.12. The maximum absolute atomic E-state index is 11.8. The first kappa shape index (κ1) is 14.6. The first-order chi connectivity index (χ1) is 7.33. The molecule has 1 heterocycles. The van der Waals surface area contributed by atoms with E-state index in [1.807, 2.05) is 13.8 Å². The molecule has 8 heteroatoms. The molecular formula is C8H11Br2NO3S2. The first-order valence-electron chi connectivity index (χ1n) is 4.41. The molecule has 1 rings (SSSR count). The van der Waals surface area contributed by atoms with Gasteiger partial charge in [0.2, 0.25) is 0 Å². The Hall–Kier alpha value is 0.530. The fourth-order valence-electron chi connectivity index (χ4n) is 0.832. The molecule has 0 amide bonds. The number of thiophene rings is 1. The SMILES string of the molecule is CC(C)CONS(=O)(=O)c1cc(Br)sc1Br. The van der Waals surface area contributed by atoms with Crippen molar-refractivity contribution in [3.8, 4) is 0 Å². The molecule has 0 saturated heterocycles. The highest BCUT2D eigenvalue weighted by Gasteiger charge is 2.20. The number of nitrogens with one attached hydrogen (secondary N) is 1. The van der Waals surface area contributed by atoms with Crippen LogP contribution in [0.2, 0.25) is 0 Å². The van der Waals surface area contributed by atoms with Crippen molar-refractivity contribution in [2.45, 2.75) is 18.7 Å². The van der Waals surface area contributed by atoms with Gasteiger partial charge in [0.25, 0.3) is 10.0 Å². The third-order valence-corrected chi connectivity index (χ3v) is 5.47. The summed E-state index contributed by atoms with van der Waals surface area (Å²) in [6.07, 6.45) is 0. The lowest BCUT2D eigenvalue weighted by atomic mass is 10.2. The standard InChI is InChI=1S/C8H11Br2NO3S2/c1-5(2)4-14-11-16(12,13)6-3-7(9)15-8(6)10/h3,5,11H,4H2,1-2H3. The average molecular weight is 393 g/mol. The molecule has 0 aromatic carbocycles. The molecule has 16 heavy (non-hydrogen) atoms. The Morgan fingerprint density at radius 1 is 1.50 bits per heavy atom. The van der Waals surface area contributed by atoms with Gasteiger partial charge in [-0.05, 0) is 43.8 Å². The van der Waals surface area contributed by atoms with E-state index in [4.69, 9.17) is 4.84 Å². The monoisotopic (exact) mass is 391 g/mol. The Balaban J connectivity index is 2.75. The first-order valence-corrected chi connectivity index (χ1v) is 8.30. The van der Waals surface area contributed by atoms with E-state index >= 15 is 0 Å². The second kappa shape index (κ2) is 5.92. The number of hydrogen-bond donors (Lipinski definition) is 1. The van der Waals surface area contributed by atoms with Crippen LogP contribution in [0.25, 0.3) is 0 Å². The molecule has 0 saturated carbocycles. The Bertz CT molecular complexity index is 456. The van der Waals surface area contributed by atoms with Gasteiger partial charge in [-0.2, -0.15) is 0 Å². The van der Waals surface area contributed by atoms with E-state index in [1.54, 1.807) is 0 Å². The van der Waals surface area contributed by atoms with Gasteiger partial charge in [0, 0.05) is 0 Å². The third-order valence-electron chi connectivity index (χ3n) is 1.50. The summed E-state index contributed by atoms with van der Waals surface area (Å²) in [4.78, 5) is 7.17. The van der Waals surface area contributed by atoms with E-state index in [-0.39, 0.29) is 10.8 Å². The highest BCUT2D eigenvalue weighted by Crippen LogP contribution is 2.34. The number of sulfonamides is 1. The lowest BCUT2D eigenvalue weighted by Crippen LogP contribution is -2.25. The van der Waals surface area contributed by atoms with Gasteiger partial charge in [-0.3, -0.25) is 4.84 Å². The zero-order valence-corrected chi connectivity index (χ0v) is 13.5. The van der Waals surface area contributed by atoms with Crippen LogP contribution >= 0.6 is 43.2 Å². The van der Waals surface area contributed by atoms with Crippen molar-refractivity contribution in [1.29, 1.82) is 0 Å². The van der Waals surface area contributed by atoms with Crippen LogP contribution in [-0.4, -0.2) is 15.0 Å². The lowest BCUT2D eigenvalue weighted by molar-refractivity contribution is 0.0718. The molecule has 0 radical (unpaired) electrons. The molecule has 0 fully saturated rings. The van der Waals surface area contributed by atoms with Crippen LogP contribution in [-0.2, 0) is 14.9 Å². The van der Waals surface area contributed by atoms with Gasteiger partial charge in [0.05, 0.1) is 14.2 Å². The summed E-state index contributed by atoms with van der Waals surface area (Å²) in [5.74, 6) is 0.264. The Morgan fingerprint density at radius 2 is 2.12 bits per heavy atom. The van der Waals surface area contributed by atoms with E-state index in [2.05, 4.69) is 36.7 Å². The fourth-order valence-corrected chi connectivity index (χ4v) is 5.46. The third kappa shape index (κ3) is 4.08. The number of rotatable bonds is 5. The second-order valence-electron chi connectivity index (χ2n) is 3.48. The number of hydrogen-bond acceptors (Lipinski definition) is 4. The van der Waals surface area contributed by atoms with Crippen molar-refractivity contribution >= 4 is 53.2 Å². The molecule has 0 aliphatic rings. The van der Waals surface area contributed by atoms with Crippen molar-refractivity contribution < 1.29 is 13.3 Å². The molecule has 0 aliphatic carbocycles. The minimum Gasteiger partial charge on any atom is -0.287 e. The Labute approximate surface area is 116 Å². The van der Waals surface area contributed by atoms with Gasteiger partial charge >= 0.3 is 0 Å². The largest absolute Gasteiger partial charge is 0.287 e.